The predicted molar refractivity (Wildman–Crippen MR) is 110 cm³/mol. The average Bonchev–Trinajstić information content (AvgIpc) is 3.16. The van der Waals surface area contributed by atoms with E-state index in [0.717, 1.165) is 24.5 Å². The van der Waals surface area contributed by atoms with Gasteiger partial charge in [0.1, 0.15) is 5.75 Å². The zero-order valence-electron chi connectivity index (χ0n) is 14.4. The van der Waals surface area contributed by atoms with Gasteiger partial charge in [-0.1, -0.05) is 11.6 Å². The molecule has 0 spiro atoms. The molecule has 3 rings (SSSR count). The van der Waals surface area contributed by atoms with E-state index in [-0.39, 0.29) is 11.0 Å². The third-order valence-corrected chi connectivity index (χ3v) is 4.74. The van der Waals surface area contributed by atoms with E-state index in [4.69, 9.17) is 28.6 Å². The van der Waals surface area contributed by atoms with Gasteiger partial charge in [0, 0.05) is 24.3 Å². The van der Waals surface area contributed by atoms with E-state index in [2.05, 4.69) is 15.5 Å². The molecule has 1 aliphatic rings. The summed E-state index contributed by atoms with van der Waals surface area (Å²) in [6.07, 6.45) is 2.38. The Morgan fingerprint density at radius 2 is 1.85 bits per heavy atom. The van der Waals surface area contributed by atoms with E-state index in [0.29, 0.717) is 16.3 Å². The van der Waals surface area contributed by atoms with E-state index < -0.39 is 0 Å². The molecule has 0 aliphatic carbocycles. The van der Waals surface area contributed by atoms with Crippen LogP contribution in [0.1, 0.15) is 23.2 Å². The molecule has 0 bridgehead atoms. The maximum absolute atomic E-state index is 12.2. The Balaban J connectivity index is 1.60. The number of anilines is 2. The number of rotatable bonds is 4. The van der Waals surface area contributed by atoms with Crippen LogP contribution in [0.4, 0.5) is 11.4 Å². The Morgan fingerprint density at radius 3 is 2.46 bits per heavy atom. The van der Waals surface area contributed by atoms with Gasteiger partial charge in [0.25, 0.3) is 5.91 Å². The lowest BCUT2D eigenvalue weighted by molar-refractivity contribution is 0.0977. The first kappa shape index (κ1) is 18.5. The van der Waals surface area contributed by atoms with Crippen molar-refractivity contribution in [3.8, 4) is 5.75 Å². The predicted octanol–water partition coefficient (Wildman–Crippen LogP) is 4.08. The van der Waals surface area contributed by atoms with Crippen LogP contribution in [-0.2, 0) is 0 Å². The van der Waals surface area contributed by atoms with Gasteiger partial charge < -0.3 is 15.0 Å². The van der Waals surface area contributed by atoms with Crippen LogP contribution in [0, 0.1) is 0 Å². The van der Waals surface area contributed by atoms with Crippen LogP contribution in [-0.4, -0.2) is 31.2 Å². The Morgan fingerprint density at radius 1 is 1.15 bits per heavy atom. The summed E-state index contributed by atoms with van der Waals surface area (Å²) >= 11 is 11.6. The number of nitrogens with one attached hydrogen (secondary N) is 2. The largest absolute Gasteiger partial charge is 0.497 e. The number of amides is 1. The van der Waals surface area contributed by atoms with Crippen molar-refractivity contribution in [2.45, 2.75) is 12.8 Å². The standard InChI is InChI=1S/C19H20ClN3O2S/c1-25-15-7-4-13(5-8-15)18(24)22-19(26)21-14-6-9-17(16(20)12-14)23-10-2-3-11-23/h4-9,12H,2-3,10-11H2,1H3,(H2,21,22,24,26). The van der Waals surface area contributed by atoms with Crippen molar-refractivity contribution in [2.75, 3.05) is 30.4 Å². The summed E-state index contributed by atoms with van der Waals surface area (Å²) < 4.78 is 5.08. The Bertz CT molecular complexity index is 805. The number of nitrogens with zero attached hydrogens (tertiary/aromatic N) is 1. The van der Waals surface area contributed by atoms with E-state index in [1.54, 1.807) is 31.4 Å². The molecular formula is C19H20ClN3O2S. The highest BCUT2D eigenvalue weighted by Crippen LogP contribution is 2.31. The van der Waals surface area contributed by atoms with Crippen molar-refractivity contribution in [3.63, 3.8) is 0 Å². The van der Waals surface area contributed by atoms with Gasteiger partial charge in [-0.3, -0.25) is 10.1 Å². The Hall–Kier alpha value is -2.31. The number of hydrogen-bond donors (Lipinski definition) is 2. The third-order valence-electron chi connectivity index (χ3n) is 4.23. The number of ether oxygens (including phenoxy) is 1. The van der Waals surface area contributed by atoms with Crippen molar-refractivity contribution in [1.82, 2.24) is 5.32 Å². The molecule has 0 aromatic heterocycles. The second-order valence-electron chi connectivity index (χ2n) is 6.00. The van der Waals surface area contributed by atoms with Crippen molar-refractivity contribution in [2.24, 2.45) is 0 Å². The monoisotopic (exact) mass is 389 g/mol. The minimum Gasteiger partial charge on any atom is -0.497 e. The van der Waals surface area contributed by atoms with Crippen LogP contribution in [0.25, 0.3) is 0 Å². The number of hydrogen-bond acceptors (Lipinski definition) is 4. The van der Waals surface area contributed by atoms with Crippen LogP contribution < -0.4 is 20.3 Å². The first-order valence-corrected chi connectivity index (χ1v) is 9.16. The number of carbonyl (C=O) groups is 1. The molecule has 1 amide bonds. The second kappa shape index (κ2) is 8.38. The molecule has 5 nitrogen and oxygen atoms in total. The lowest BCUT2D eigenvalue weighted by Gasteiger charge is -2.20. The first-order chi connectivity index (χ1) is 12.6. The second-order valence-corrected chi connectivity index (χ2v) is 6.81. The van der Waals surface area contributed by atoms with Gasteiger partial charge in [-0.05, 0) is 67.5 Å². The smallest absolute Gasteiger partial charge is 0.257 e. The van der Waals surface area contributed by atoms with Crippen LogP contribution in [0.2, 0.25) is 5.02 Å². The number of carbonyl (C=O) groups excluding carboxylic acids is 1. The summed E-state index contributed by atoms with van der Waals surface area (Å²) in [7, 11) is 1.58. The number of benzene rings is 2. The molecule has 1 heterocycles. The fourth-order valence-electron chi connectivity index (χ4n) is 2.88. The molecule has 26 heavy (non-hydrogen) atoms. The summed E-state index contributed by atoms with van der Waals surface area (Å²) in [6.45, 7) is 2.06. The third kappa shape index (κ3) is 4.45. The topological polar surface area (TPSA) is 53.6 Å². The van der Waals surface area contributed by atoms with E-state index in [1.807, 2.05) is 18.2 Å². The van der Waals surface area contributed by atoms with Gasteiger partial charge in [-0.25, -0.2) is 0 Å². The molecule has 2 aromatic carbocycles. The first-order valence-electron chi connectivity index (χ1n) is 8.38. The zero-order chi connectivity index (χ0) is 18.5. The van der Waals surface area contributed by atoms with Crippen LogP contribution in [0.15, 0.2) is 42.5 Å². The summed E-state index contributed by atoms with van der Waals surface area (Å²) in [6, 6.07) is 12.5. The SMILES string of the molecule is COc1ccc(C(=O)NC(=S)Nc2ccc(N3CCCC3)c(Cl)c2)cc1. The van der Waals surface area contributed by atoms with Crippen molar-refractivity contribution < 1.29 is 9.53 Å². The highest BCUT2D eigenvalue weighted by molar-refractivity contribution is 7.80. The van der Waals surface area contributed by atoms with Gasteiger partial charge in [-0.15, -0.1) is 0 Å². The Labute approximate surface area is 163 Å². The fraction of sp³-hybridized carbons (Fsp3) is 0.263. The Kier molecular flexibility index (Phi) is 5.96. The lowest BCUT2D eigenvalue weighted by atomic mass is 10.2. The summed E-state index contributed by atoms with van der Waals surface area (Å²) in [4.78, 5) is 14.5. The molecule has 1 saturated heterocycles. The van der Waals surface area contributed by atoms with Gasteiger partial charge in [0.05, 0.1) is 17.8 Å². The molecule has 0 unspecified atom stereocenters. The highest BCUT2D eigenvalue weighted by Gasteiger charge is 2.15. The molecule has 7 heteroatoms. The van der Waals surface area contributed by atoms with Crippen LogP contribution in [0.3, 0.4) is 0 Å². The maximum atomic E-state index is 12.2. The molecule has 1 aliphatic heterocycles. The normalized spacial score (nSPS) is 13.4. The average molecular weight is 390 g/mol. The van der Waals surface area contributed by atoms with Crippen molar-refractivity contribution in [3.05, 3.63) is 53.1 Å². The molecule has 2 aromatic rings. The summed E-state index contributed by atoms with van der Waals surface area (Å²) in [5.74, 6) is 0.403. The van der Waals surface area contributed by atoms with Crippen LogP contribution >= 0.6 is 23.8 Å². The molecule has 0 radical (unpaired) electrons. The quantitative estimate of drug-likeness (QED) is 0.772. The molecule has 1 fully saturated rings. The molecule has 0 atom stereocenters. The highest BCUT2D eigenvalue weighted by atomic mass is 35.5. The van der Waals surface area contributed by atoms with Gasteiger partial charge in [-0.2, -0.15) is 0 Å². The van der Waals surface area contributed by atoms with Crippen molar-refractivity contribution >= 4 is 46.2 Å². The minimum absolute atomic E-state index is 0.218. The zero-order valence-corrected chi connectivity index (χ0v) is 16.0. The van der Waals surface area contributed by atoms with Gasteiger partial charge >= 0.3 is 0 Å². The fourth-order valence-corrected chi connectivity index (χ4v) is 3.39. The van der Waals surface area contributed by atoms with E-state index >= 15 is 0 Å². The molecule has 136 valence electrons. The number of methoxy groups -OCH3 is 1. The van der Waals surface area contributed by atoms with E-state index in [1.165, 1.54) is 12.8 Å². The summed E-state index contributed by atoms with van der Waals surface area (Å²) in [5, 5.41) is 6.54. The molecular weight excluding hydrogens is 370 g/mol. The minimum atomic E-state index is -0.287. The van der Waals surface area contributed by atoms with Gasteiger partial charge in [0.2, 0.25) is 0 Å². The van der Waals surface area contributed by atoms with Gasteiger partial charge in [0.15, 0.2) is 5.11 Å². The molecule has 2 N–H and O–H groups in total. The van der Waals surface area contributed by atoms with Crippen LogP contribution in [0.5, 0.6) is 5.75 Å². The van der Waals surface area contributed by atoms with Crippen molar-refractivity contribution in [1.29, 1.82) is 0 Å². The maximum Gasteiger partial charge on any atom is 0.257 e. The van der Waals surface area contributed by atoms with E-state index in [9.17, 15) is 4.79 Å². The number of halogens is 1. The lowest BCUT2D eigenvalue weighted by Crippen LogP contribution is -2.34. The summed E-state index contributed by atoms with van der Waals surface area (Å²) in [5.41, 5.74) is 2.26. The molecule has 0 saturated carbocycles. The number of thiocarbonyl (C=S) groups is 1.